The summed E-state index contributed by atoms with van der Waals surface area (Å²) in [5.74, 6) is 0.670. The number of aromatic nitrogens is 2. The van der Waals surface area contributed by atoms with Gasteiger partial charge in [0.2, 0.25) is 0 Å². The van der Waals surface area contributed by atoms with Crippen LogP contribution in [0.5, 0.6) is 0 Å². The summed E-state index contributed by atoms with van der Waals surface area (Å²) in [6.07, 6.45) is 0. The molecule has 0 amide bonds. The smallest absolute Gasteiger partial charge is 0.132 e. The van der Waals surface area contributed by atoms with Crippen molar-refractivity contribution in [3.8, 4) is 11.3 Å². The quantitative estimate of drug-likeness (QED) is 0.343. The number of fused-ring (bicyclic) bond motifs is 3. The summed E-state index contributed by atoms with van der Waals surface area (Å²) in [5.41, 5.74) is 5.77. The van der Waals surface area contributed by atoms with Crippen LogP contribution in [0.2, 0.25) is 0 Å². The highest BCUT2D eigenvalue weighted by Gasteiger charge is 2.22. The number of anilines is 2. The van der Waals surface area contributed by atoms with Gasteiger partial charge in [-0.1, -0.05) is 47.6 Å². The Labute approximate surface area is 165 Å². The van der Waals surface area contributed by atoms with Crippen LogP contribution in [0.4, 0.5) is 15.9 Å². The summed E-state index contributed by atoms with van der Waals surface area (Å²) >= 11 is 0. The molecule has 0 saturated heterocycles. The molecule has 3 N–H and O–H groups in total. The first-order valence-electron chi connectivity index (χ1n) is 9.74. The fourth-order valence-electron chi connectivity index (χ4n) is 3.59. The molecule has 0 atom stereocenters. The Morgan fingerprint density at radius 3 is 2.04 bits per heavy atom. The number of hydrogen-bond acceptors (Lipinski definition) is 1. The van der Waals surface area contributed by atoms with E-state index in [0.29, 0.717) is 0 Å². The predicted molar refractivity (Wildman–Crippen MR) is 116 cm³/mol. The zero-order valence-electron chi connectivity index (χ0n) is 17.4. The summed E-state index contributed by atoms with van der Waals surface area (Å²) in [7, 11) is 0. The molecule has 1 aliphatic carbocycles. The second-order valence-corrected chi connectivity index (χ2v) is 9.71. The van der Waals surface area contributed by atoms with E-state index in [2.05, 4.69) is 75.3 Å². The van der Waals surface area contributed by atoms with Crippen LogP contribution in [0, 0.1) is 5.82 Å². The number of halogens is 1. The molecular formula is C24H28FN3. The molecule has 2 aromatic carbocycles. The Morgan fingerprint density at radius 2 is 1.43 bits per heavy atom. The minimum atomic E-state index is -0.216. The Bertz CT molecular complexity index is 1090. The lowest BCUT2D eigenvalue weighted by atomic mass is 9.80. The van der Waals surface area contributed by atoms with E-state index in [1.807, 2.05) is 12.1 Å². The van der Waals surface area contributed by atoms with Crippen LogP contribution in [0.1, 0.15) is 52.7 Å². The van der Waals surface area contributed by atoms with Crippen molar-refractivity contribution in [1.29, 1.82) is 0 Å². The Kier molecular flexibility index (Phi) is 4.07. The van der Waals surface area contributed by atoms with E-state index < -0.39 is 0 Å². The van der Waals surface area contributed by atoms with Crippen molar-refractivity contribution >= 4 is 22.3 Å². The standard InChI is InChI=1S/C24H28FN3/c1-23(2,3)15-11-16(24(4,5)6)13-18(12-15)26-22-20-10-14-9-17(25)7-8-19(14)21(20)27-28-22/h7-13,26-28H,1-6H3. The highest BCUT2D eigenvalue weighted by atomic mass is 19.1. The maximum atomic E-state index is 13.6. The number of H-pyrrole nitrogens is 2. The molecular weight excluding hydrogens is 349 g/mol. The molecule has 4 rings (SSSR count). The van der Waals surface area contributed by atoms with E-state index in [-0.39, 0.29) is 16.6 Å². The lowest BCUT2D eigenvalue weighted by molar-refractivity contribution is 0.569. The van der Waals surface area contributed by atoms with E-state index in [9.17, 15) is 4.39 Å². The fourth-order valence-corrected chi connectivity index (χ4v) is 3.59. The number of hydrogen-bond donors (Lipinski definition) is 3. The van der Waals surface area contributed by atoms with Gasteiger partial charge in [0.15, 0.2) is 0 Å². The van der Waals surface area contributed by atoms with Crippen molar-refractivity contribution in [3.05, 3.63) is 59.4 Å². The SMILES string of the molecule is CC(C)(C)c1cc(Nc2[nH][nH]c3c4ccc(F)cc4cc2-3)cc(C(C)(C)C)c1. The topological polar surface area (TPSA) is 43.6 Å². The van der Waals surface area contributed by atoms with Crippen molar-refractivity contribution < 1.29 is 4.39 Å². The first-order valence-corrected chi connectivity index (χ1v) is 9.74. The normalized spacial score (nSPS) is 12.8. The maximum Gasteiger partial charge on any atom is 0.132 e. The highest BCUT2D eigenvalue weighted by molar-refractivity contribution is 6.04. The number of aromatic amines is 2. The van der Waals surface area contributed by atoms with Crippen LogP contribution in [0.15, 0.2) is 42.5 Å². The van der Waals surface area contributed by atoms with Gasteiger partial charge in [-0.15, -0.1) is 0 Å². The van der Waals surface area contributed by atoms with Gasteiger partial charge in [0.25, 0.3) is 0 Å². The van der Waals surface area contributed by atoms with Crippen molar-refractivity contribution in [2.24, 2.45) is 0 Å². The van der Waals surface area contributed by atoms with E-state index in [0.717, 1.165) is 33.5 Å². The van der Waals surface area contributed by atoms with E-state index >= 15 is 0 Å². The van der Waals surface area contributed by atoms with Crippen LogP contribution in [0.3, 0.4) is 0 Å². The summed E-state index contributed by atoms with van der Waals surface area (Å²) < 4.78 is 13.6. The van der Waals surface area contributed by atoms with E-state index in [1.165, 1.54) is 17.2 Å². The molecule has 2 aromatic rings. The second-order valence-electron chi connectivity index (χ2n) is 9.71. The molecule has 4 heteroatoms. The summed E-state index contributed by atoms with van der Waals surface area (Å²) in [6, 6.07) is 13.6. The van der Waals surface area contributed by atoms with Gasteiger partial charge in [0.05, 0.1) is 5.69 Å². The minimum absolute atomic E-state index is 0.0569. The van der Waals surface area contributed by atoms with Crippen LogP contribution in [-0.4, -0.2) is 10.2 Å². The average molecular weight is 378 g/mol. The fraction of sp³-hybridized carbons (Fsp3) is 0.333. The number of benzene rings is 2. The molecule has 1 aliphatic heterocycles. The maximum absolute atomic E-state index is 13.6. The van der Waals surface area contributed by atoms with Crippen LogP contribution >= 0.6 is 0 Å². The third-order valence-corrected chi connectivity index (χ3v) is 5.37. The summed E-state index contributed by atoms with van der Waals surface area (Å²) in [5, 5.41) is 11.9. The Hall–Kier alpha value is -2.75. The highest BCUT2D eigenvalue weighted by Crippen LogP contribution is 2.39. The van der Waals surface area contributed by atoms with Crippen molar-refractivity contribution in [1.82, 2.24) is 10.2 Å². The van der Waals surface area contributed by atoms with Gasteiger partial charge < -0.3 is 5.32 Å². The molecule has 0 fully saturated rings. The van der Waals surface area contributed by atoms with Gasteiger partial charge in [0.1, 0.15) is 11.6 Å². The average Bonchev–Trinajstić information content (AvgIpc) is 3.12. The molecule has 0 saturated carbocycles. The molecule has 3 nitrogen and oxygen atoms in total. The van der Waals surface area contributed by atoms with Gasteiger partial charge in [-0.3, -0.25) is 10.2 Å². The predicted octanol–water partition coefficient (Wildman–Crippen LogP) is 7.08. The number of nitrogens with one attached hydrogen (secondary N) is 3. The van der Waals surface area contributed by atoms with Crippen molar-refractivity contribution in [2.75, 3.05) is 5.32 Å². The summed E-state index contributed by atoms with van der Waals surface area (Å²) in [4.78, 5) is 0. The lowest BCUT2D eigenvalue weighted by Crippen LogP contribution is -2.16. The van der Waals surface area contributed by atoms with Crippen molar-refractivity contribution in [3.63, 3.8) is 0 Å². The molecule has 0 aromatic heterocycles. The molecule has 0 radical (unpaired) electrons. The molecule has 28 heavy (non-hydrogen) atoms. The van der Waals surface area contributed by atoms with Gasteiger partial charge in [-0.25, -0.2) is 4.39 Å². The van der Waals surface area contributed by atoms with Gasteiger partial charge in [-0.2, -0.15) is 0 Å². The van der Waals surface area contributed by atoms with Crippen LogP contribution in [-0.2, 0) is 10.8 Å². The third-order valence-electron chi connectivity index (χ3n) is 5.37. The molecule has 0 spiro atoms. The van der Waals surface area contributed by atoms with Gasteiger partial charge in [-0.05, 0) is 63.7 Å². The zero-order chi connectivity index (χ0) is 20.3. The lowest BCUT2D eigenvalue weighted by Gasteiger charge is -2.26. The molecule has 0 unspecified atom stereocenters. The van der Waals surface area contributed by atoms with Gasteiger partial charge >= 0.3 is 0 Å². The molecule has 1 heterocycles. The molecule has 2 aliphatic rings. The molecule has 0 bridgehead atoms. The minimum Gasteiger partial charge on any atom is -0.340 e. The largest absolute Gasteiger partial charge is 0.340 e. The molecule has 146 valence electrons. The third kappa shape index (κ3) is 3.28. The van der Waals surface area contributed by atoms with Gasteiger partial charge in [0, 0.05) is 16.6 Å². The zero-order valence-corrected chi connectivity index (χ0v) is 17.4. The number of rotatable bonds is 2. The Balaban J connectivity index is 1.78. The first-order chi connectivity index (χ1) is 13.0. The van der Waals surface area contributed by atoms with Crippen LogP contribution in [0.25, 0.3) is 22.0 Å². The second kappa shape index (κ2) is 6.13. The van der Waals surface area contributed by atoms with Crippen molar-refractivity contribution in [2.45, 2.75) is 52.4 Å². The Morgan fingerprint density at radius 1 is 0.786 bits per heavy atom. The van der Waals surface area contributed by atoms with E-state index in [1.54, 1.807) is 6.07 Å². The van der Waals surface area contributed by atoms with Crippen LogP contribution < -0.4 is 5.32 Å². The first kappa shape index (κ1) is 18.6. The van der Waals surface area contributed by atoms with E-state index in [4.69, 9.17) is 0 Å². The summed E-state index contributed by atoms with van der Waals surface area (Å²) in [6.45, 7) is 13.4. The monoisotopic (exact) mass is 377 g/mol.